The highest BCUT2D eigenvalue weighted by Gasteiger charge is 2.21. The summed E-state index contributed by atoms with van der Waals surface area (Å²) in [5.74, 6) is -0.595. The minimum atomic E-state index is -0.642. The molecule has 0 fully saturated rings. The topological polar surface area (TPSA) is 67.4 Å². The number of ether oxygens (including phenoxy) is 1. The minimum Gasteiger partial charge on any atom is -0.467 e. The largest absolute Gasteiger partial charge is 0.467 e. The molecule has 0 bridgehead atoms. The Morgan fingerprint density at radius 2 is 1.90 bits per heavy atom. The van der Waals surface area contributed by atoms with E-state index in [9.17, 15) is 9.59 Å². The lowest BCUT2D eigenvalue weighted by molar-refractivity contribution is -0.145. The van der Waals surface area contributed by atoms with Gasteiger partial charge in [0.1, 0.15) is 6.04 Å². The fourth-order valence-electron chi connectivity index (χ4n) is 1.69. The van der Waals surface area contributed by atoms with Crippen molar-refractivity contribution in [3.8, 4) is 0 Å². The van der Waals surface area contributed by atoms with E-state index in [0.29, 0.717) is 19.4 Å². The third kappa shape index (κ3) is 6.54. The van der Waals surface area contributed by atoms with Crippen molar-refractivity contribution < 1.29 is 14.3 Å². The number of nitrogens with one attached hydrogen (secondary N) is 2. The van der Waals surface area contributed by atoms with Gasteiger partial charge in [-0.25, -0.2) is 4.79 Å². The van der Waals surface area contributed by atoms with E-state index < -0.39 is 12.0 Å². The van der Waals surface area contributed by atoms with Crippen molar-refractivity contribution in [2.24, 2.45) is 0 Å². The Morgan fingerprint density at radius 1 is 1.25 bits per heavy atom. The molecule has 2 N–H and O–H groups in total. The number of hydrogen-bond acceptors (Lipinski definition) is 4. The molecule has 20 heavy (non-hydrogen) atoms. The summed E-state index contributed by atoms with van der Waals surface area (Å²) in [6.07, 6.45) is 0.761. The highest BCUT2D eigenvalue weighted by Crippen LogP contribution is 2.04. The Hall–Kier alpha value is -1.59. The van der Waals surface area contributed by atoms with E-state index in [-0.39, 0.29) is 18.3 Å². The van der Waals surface area contributed by atoms with E-state index in [1.54, 1.807) is 7.05 Å². The number of halogens is 1. The van der Waals surface area contributed by atoms with E-state index >= 15 is 0 Å². The van der Waals surface area contributed by atoms with Gasteiger partial charge in [0, 0.05) is 19.4 Å². The molecule has 0 heterocycles. The van der Waals surface area contributed by atoms with Crippen LogP contribution in [0, 0.1) is 0 Å². The molecule has 1 rings (SSSR count). The predicted molar refractivity (Wildman–Crippen MR) is 79.9 cm³/mol. The van der Waals surface area contributed by atoms with Crippen molar-refractivity contribution in [3.05, 3.63) is 35.9 Å². The molecule has 1 atom stereocenters. The second kappa shape index (κ2) is 10.2. The number of esters is 1. The van der Waals surface area contributed by atoms with Crippen molar-refractivity contribution in [2.45, 2.75) is 18.9 Å². The van der Waals surface area contributed by atoms with Gasteiger partial charge in [-0.05, 0) is 12.6 Å². The fourth-order valence-corrected chi connectivity index (χ4v) is 1.69. The molecule has 0 spiro atoms. The summed E-state index contributed by atoms with van der Waals surface area (Å²) < 4.78 is 4.72. The molecule has 0 aliphatic heterocycles. The molecule has 0 aliphatic rings. The Bertz CT molecular complexity index is 412. The van der Waals surface area contributed by atoms with Gasteiger partial charge in [-0.1, -0.05) is 30.3 Å². The van der Waals surface area contributed by atoms with Crippen molar-refractivity contribution in [1.82, 2.24) is 10.6 Å². The zero-order chi connectivity index (χ0) is 14.1. The average Bonchev–Trinajstić information content (AvgIpc) is 2.44. The molecule has 1 aromatic carbocycles. The van der Waals surface area contributed by atoms with Gasteiger partial charge >= 0.3 is 5.97 Å². The smallest absolute Gasteiger partial charge is 0.328 e. The molecule has 1 aromatic rings. The molecule has 0 aromatic heterocycles. The lowest BCUT2D eigenvalue weighted by atomic mass is 10.1. The highest BCUT2D eigenvalue weighted by atomic mass is 35.5. The second-order valence-electron chi connectivity index (χ2n) is 4.19. The number of benzene rings is 1. The SMILES string of the molecule is CNCCC(=O)NC(Cc1ccccc1)C(=O)OC.Cl. The molecule has 0 aliphatic carbocycles. The van der Waals surface area contributed by atoms with E-state index in [2.05, 4.69) is 10.6 Å². The van der Waals surface area contributed by atoms with Crippen LogP contribution in [0.5, 0.6) is 0 Å². The van der Waals surface area contributed by atoms with Crippen molar-refractivity contribution in [2.75, 3.05) is 20.7 Å². The zero-order valence-corrected chi connectivity index (χ0v) is 12.5. The summed E-state index contributed by atoms with van der Waals surface area (Å²) in [5, 5.41) is 5.59. The summed E-state index contributed by atoms with van der Waals surface area (Å²) >= 11 is 0. The van der Waals surface area contributed by atoms with Crippen LogP contribution in [0.1, 0.15) is 12.0 Å². The van der Waals surface area contributed by atoms with Gasteiger partial charge in [0.15, 0.2) is 0 Å². The summed E-state index contributed by atoms with van der Waals surface area (Å²) in [4.78, 5) is 23.3. The van der Waals surface area contributed by atoms with Crippen LogP contribution in [0.2, 0.25) is 0 Å². The van der Waals surface area contributed by atoms with Crippen molar-refractivity contribution in [3.63, 3.8) is 0 Å². The van der Waals surface area contributed by atoms with E-state index in [1.807, 2.05) is 30.3 Å². The van der Waals surface area contributed by atoms with E-state index in [4.69, 9.17) is 4.74 Å². The first kappa shape index (κ1) is 18.4. The molecule has 0 radical (unpaired) electrons. The maximum Gasteiger partial charge on any atom is 0.328 e. The first-order valence-electron chi connectivity index (χ1n) is 6.23. The first-order valence-corrected chi connectivity index (χ1v) is 6.23. The Labute approximate surface area is 125 Å². The van der Waals surface area contributed by atoms with Crippen molar-refractivity contribution in [1.29, 1.82) is 0 Å². The molecule has 112 valence electrons. The number of methoxy groups -OCH3 is 1. The fraction of sp³-hybridized carbons (Fsp3) is 0.429. The average molecular weight is 301 g/mol. The molecule has 1 unspecified atom stereocenters. The monoisotopic (exact) mass is 300 g/mol. The molecular weight excluding hydrogens is 280 g/mol. The van der Waals surface area contributed by atoms with Gasteiger partial charge < -0.3 is 15.4 Å². The van der Waals surface area contributed by atoms with Gasteiger partial charge in [-0.15, -0.1) is 12.4 Å². The Kier molecular flexibility index (Phi) is 9.41. The number of carbonyl (C=O) groups is 2. The number of hydrogen-bond donors (Lipinski definition) is 2. The molecule has 0 saturated carbocycles. The zero-order valence-electron chi connectivity index (χ0n) is 11.7. The minimum absolute atomic E-state index is 0. The van der Waals surface area contributed by atoms with Gasteiger partial charge in [-0.3, -0.25) is 4.79 Å². The van der Waals surface area contributed by atoms with Gasteiger partial charge in [-0.2, -0.15) is 0 Å². The van der Waals surface area contributed by atoms with Gasteiger partial charge in [0.05, 0.1) is 7.11 Å². The van der Waals surface area contributed by atoms with Crippen LogP contribution >= 0.6 is 12.4 Å². The van der Waals surface area contributed by atoms with Crippen LogP contribution in [-0.2, 0) is 20.7 Å². The van der Waals surface area contributed by atoms with Crippen LogP contribution < -0.4 is 10.6 Å². The van der Waals surface area contributed by atoms with Crippen molar-refractivity contribution >= 4 is 24.3 Å². The van der Waals surface area contributed by atoms with Gasteiger partial charge in [0.25, 0.3) is 0 Å². The Balaban J connectivity index is 0.00000361. The lowest BCUT2D eigenvalue weighted by Gasteiger charge is -2.16. The standard InChI is InChI=1S/C14H20N2O3.ClH/c1-15-9-8-13(17)16-12(14(18)19-2)10-11-6-4-3-5-7-11;/h3-7,12,15H,8-10H2,1-2H3,(H,16,17);1H. The quantitative estimate of drug-likeness (QED) is 0.735. The summed E-state index contributed by atoms with van der Waals surface area (Å²) in [5.41, 5.74) is 0.979. The van der Waals surface area contributed by atoms with E-state index in [0.717, 1.165) is 5.56 Å². The third-order valence-electron chi connectivity index (χ3n) is 2.71. The second-order valence-corrected chi connectivity index (χ2v) is 4.19. The highest BCUT2D eigenvalue weighted by molar-refractivity contribution is 5.85. The maximum absolute atomic E-state index is 11.7. The van der Waals surface area contributed by atoms with Crippen LogP contribution in [0.15, 0.2) is 30.3 Å². The van der Waals surface area contributed by atoms with E-state index in [1.165, 1.54) is 7.11 Å². The first-order chi connectivity index (χ1) is 9.17. The molecule has 5 nitrogen and oxygen atoms in total. The lowest BCUT2D eigenvalue weighted by Crippen LogP contribution is -2.43. The van der Waals surface area contributed by atoms with Crippen LogP contribution in [0.3, 0.4) is 0 Å². The van der Waals surface area contributed by atoms with Gasteiger partial charge in [0.2, 0.25) is 5.91 Å². The van der Waals surface area contributed by atoms with Crippen LogP contribution in [0.4, 0.5) is 0 Å². The molecule has 6 heteroatoms. The molecule has 1 amide bonds. The number of amides is 1. The van der Waals surface area contributed by atoms with Crippen LogP contribution in [-0.4, -0.2) is 38.6 Å². The summed E-state index contributed by atoms with van der Waals surface area (Å²) in [6.45, 7) is 0.574. The van der Waals surface area contributed by atoms with Crippen LogP contribution in [0.25, 0.3) is 0 Å². The molecular formula is C14H21ClN2O3. The summed E-state index contributed by atoms with van der Waals surface area (Å²) in [7, 11) is 3.09. The predicted octanol–water partition coefficient (Wildman–Crippen LogP) is 0.918. The number of carbonyl (C=O) groups excluding carboxylic acids is 2. The Morgan fingerprint density at radius 3 is 2.45 bits per heavy atom. The molecule has 0 saturated heterocycles. The third-order valence-corrected chi connectivity index (χ3v) is 2.71. The normalized spacial score (nSPS) is 11.1. The maximum atomic E-state index is 11.7. The number of rotatable bonds is 7. The summed E-state index contributed by atoms with van der Waals surface area (Å²) in [6, 6.07) is 8.88.